The summed E-state index contributed by atoms with van der Waals surface area (Å²) in [5.41, 5.74) is 3.68. The Morgan fingerprint density at radius 2 is 1.71 bits per heavy atom. The minimum atomic E-state index is 0.230. The largest absolute Gasteiger partial charge is 0.378 e. The van der Waals surface area contributed by atoms with Gasteiger partial charge >= 0.3 is 0 Å². The summed E-state index contributed by atoms with van der Waals surface area (Å²) in [5.74, 6) is 0.689. The second-order valence-electron chi connectivity index (χ2n) is 5.81. The molecule has 0 heterocycles. The molecule has 0 aliphatic heterocycles. The van der Waals surface area contributed by atoms with Crippen molar-refractivity contribution >= 4 is 33.2 Å². The van der Waals surface area contributed by atoms with Gasteiger partial charge in [0, 0.05) is 6.04 Å². The zero-order chi connectivity index (χ0) is 15.4. The van der Waals surface area contributed by atoms with Crippen molar-refractivity contribution in [2.75, 3.05) is 5.32 Å². The third kappa shape index (κ3) is 4.49. The van der Waals surface area contributed by atoms with Crippen LogP contribution in [0.4, 0.5) is 5.69 Å². The van der Waals surface area contributed by atoms with Crippen molar-refractivity contribution in [3.05, 3.63) is 63.1 Å². The maximum absolute atomic E-state index is 6.13. The Morgan fingerprint density at radius 1 is 1.05 bits per heavy atom. The van der Waals surface area contributed by atoms with Gasteiger partial charge in [-0.3, -0.25) is 0 Å². The second kappa shape index (κ2) is 7.33. The van der Waals surface area contributed by atoms with E-state index in [0.29, 0.717) is 5.92 Å². The fourth-order valence-corrected chi connectivity index (χ4v) is 2.90. The molecule has 0 aromatic heterocycles. The summed E-state index contributed by atoms with van der Waals surface area (Å²) in [6.45, 7) is 6.65. The topological polar surface area (TPSA) is 12.0 Å². The highest BCUT2D eigenvalue weighted by molar-refractivity contribution is 9.10. The van der Waals surface area contributed by atoms with Gasteiger partial charge in [0.05, 0.1) is 15.2 Å². The Labute approximate surface area is 140 Å². The maximum Gasteiger partial charge on any atom is 0.0593 e. The number of halogens is 2. The molecule has 2 aromatic rings. The van der Waals surface area contributed by atoms with E-state index in [1.165, 1.54) is 11.1 Å². The lowest BCUT2D eigenvalue weighted by atomic mass is 10.00. The quantitative estimate of drug-likeness (QED) is 0.639. The number of hydrogen-bond donors (Lipinski definition) is 1. The number of nitrogens with one attached hydrogen (secondary N) is 1. The maximum atomic E-state index is 6.13. The molecular formula is C18H21BrClN. The highest BCUT2D eigenvalue weighted by Crippen LogP contribution is 2.32. The van der Waals surface area contributed by atoms with Crippen molar-refractivity contribution in [3.8, 4) is 0 Å². The second-order valence-corrected chi connectivity index (χ2v) is 7.01. The number of rotatable bonds is 5. The van der Waals surface area contributed by atoms with Gasteiger partial charge in [0.2, 0.25) is 0 Å². The van der Waals surface area contributed by atoms with E-state index in [2.05, 4.69) is 66.3 Å². The summed E-state index contributed by atoms with van der Waals surface area (Å²) >= 11 is 9.65. The van der Waals surface area contributed by atoms with E-state index in [1.807, 2.05) is 18.2 Å². The highest BCUT2D eigenvalue weighted by atomic mass is 79.9. The van der Waals surface area contributed by atoms with Gasteiger partial charge in [-0.25, -0.2) is 0 Å². The van der Waals surface area contributed by atoms with Crippen LogP contribution in [-0.2, 0) is 6.42 Å². The van der Waals surface area contributed by atoms with Crippen LogP contribution in [-0.4, -0.2) is 0 Å². The van der Waals surface area contributed by atoms with Crippen molar-refractivity contribution < 1.29 is 0 Å². The molecule has 0 aliphatic carbocycles. The minimum absolute atomic E-state index is 0.230. The van der Waals surface area contributed by atoms with Crippen LogP contribution in [0.15, 0.2) is 46.9 Å². The molecule has 2 rings (SSSR count). The lowest BCUT2D eigenvalue weighted by Gasteiger charge is -2.18. The smallest absolute Gasteiger partial charge is 0.0593 e. The Balaban J connectivity index is 2.09. The summed E-state index contributed by atoms with van der Waals surface area (Å²) in [6.07, 6.45) is 1.13. The summed E-state index contributed by atoms with van der Waals surface area (Å²) in [6, 6.07) is 14.9. The average molecular weight is 367 g/mol. The predicted octanol–water partition coefficient (Wildman–Crippen LogP) is 6.47. The van der Waals surface area contributed by atoms with E-state index < -0.39 is 0 Å². The molecule has 0 spiro atoms. The molecule has 0 saturated heterocycles. The summed E-state index contributed by atoms with van der Waals surface area (Å²) < 4.78 is 0.912. The van der Waals surface area contributed by atoms with Gasteiger partial charge in [-0.1, -0.05) is 55.8 Å². The van der Waals surface area contributed by atoms with E-state index in [9.17, 15) is 0 Å². The zero-order valence-electron chi connectivity index (χ0n) is 12.7. The molecule has 0 aliphatic rings. The van der Waals surface area contributed by atoms with Crippen molar-refractivity contribution in [2.45, 2.75) is 33.2 Å². The fraction of sp³-hybridized carbons (Fsp3) is 0.333. The van der Waals surface area contributed by atoms with E-state index in [1.54, 1.807) is 0 Å². The monoisotopic (exact) mass is 365 g/mol. The molecule has 2 aromatic carbocycles. The van der Waals surface area contributed by atoms with Crippen LogP contribution in [0.1, 0.15) is 37.9 Å². The van der Waals surface area contributed by atoms with Crippen LogP contribution in [0.25, 0.3) is 0 Å². The molecular weight excluding hydrogens is 346 g/mol. The van der Waals surface area contributed by atoms with Crippen molar-refractivity contribution in [2.24, 2.45) is 5.92 Å². The van der Waals surface area contributed by atoms with Crippen LogP contribution in [0.5, 0.6) is 0 Å². The van der Waals surface area contributed by atoms with Gasteiger partial charge in [0.15, 0.2) is 0 Å². The van der Waals surface area contributed by atoms with E-state index in [0.717, 1.165) is 21.6 Å². The van der Waals surface area contributed by atoms with Crippen LogP contribution in [0.2, 0.25) is 5.02 Å². The van der Waals surface area contributed by atoms with Gasteiger partial charge in [0.25, 0.3) is 0 Å². The lowest BCUT2D eigenvalue weighted by molar-refractivity contribution is 0.647. The van der Waals surface area contributed by atoms with Gasteiger partial charge in [-0.2, -0.15) is 0 Å². The van der Waals surface area contributed by atoms with Crippen LogP contribution in [0, 0.1) is 5.92 Å². The molecule has 0 amide bonds. The van der Waals surface area contributed by atoms with Gasteiger partial charge in [-0.15, -0.1) is 0 Å². The molecule has 1 nitrogen and oxygen atoms in total. The molecule has 1 unspecified atom stereocenters. The van der Waals surface area contributed by atoms with Crippen LogP contribution >= 0.6 is 27.5 Å². The fourth-order valence-electron chi connectivity index (χ4n) is 2.35. The van der Waals surface area contributed by atoms with E-state index in [4.69, 9.17) is 11.6 Å². The van der Waals surface area contributed by atoms with Crippen molar-refractivity contribution in [3.63, 3.8) is 0 Å². The Bertz CT molecular complexity index is 593. The Kier molecular flexibility index (Phi) is 5.72. The third-order valence-electron chi connectivity index (χ3n) is 3.45. The number of hydrogen-bond acceptors (Lipinski definition) is 1. The number of benzene rings is 2. The first-order chi connectivity index (χ1) is 9.97. The molecule has 0 radical (unpaired) electrons. The van der Waals surface area contributed by atoms with Gasteiger partial charge < -0.3 is 5.32 Å². The first-order valence-electron chi connectivity index (χ1n) is 7.26. The molecule has 1 atom stereocenters. The third-order valence-corrected chi connectivity index (χ3v) is 4.84. The Hall–Kier alpha value is -0.990. The normalized spacial score (nSPS) is 12.5. The van der Waals surface area contributed by atoms with E-state index in [-0.39, 0.29) is 6.04 Å². The molecule has 0 saturated carbocycles. The van der Waals surface area contributed by atoms with Crippen LogP contribution in [0.3, 0.4) is 0 Å². The lowest BCUT2D eigenvalue weighted by Crippen LogP contribution is -2.07. The molecule has 1 N–H and O–H groups in total. The Morgan fingerprint density at radius 3 is 2.33 bits per heavy atom. The van der Waals surface area contributed by atoms with Gasteiger partial charge in [0.1, 0.15) is 0 Å². The summed E-state index contributed by atoms with van der Waals surface area (Å²) in [5, 5.41) is 4.22. The first-order valence-corrected chi connectivity index (χ1v) is 8.44. The summed E-state index contributed by atoms with van der Waals surface area (Å²) in [4.78, 5) is 0. The van der Waals surface area contributed by atoms with E-state index >= 15 is 0 Å². The van der Waals surface area contributed by atoms with Crippen molar-refractivity contribution in [1.82, 2.24) is 0 Å². The number of anilines is 1. The standard InChI is InChI=1S/C18H21BrClN/c1-12(2)11-14-7-9-15(10-8-14)13(3)21-17-6-4-5-16(20)18(17)19/h4-10,12-13,21H,11H2,1-3H3. The molecule has 0 fully saturated rings. The molecule has 3 heteroatoms. The zero-order valence-corrected chi connectivity index (χ0v) is 15.0. The molecule has 21 heavy (non-hydrogen) atoms. The van der Waals surface area contributed by atoms with Crippen molar-refractivity contribution in [1.29, 1.82) is 0 Å². The molecule has 0 bridgehead atoms. The minimum Gasteiger partial charge on any atom is -0.378 e. The van der Waals surface area contributed by atoms with Crippen LogP contribution < -0.4 is 5.32 Å². The predicted molar refractivity (Wildman–Crippen MR) is 96.2 cm³/mol. The first kappa shape index (κ1) is 16.4. The average Bonchev–Trinajstić information content (AvgIpc) is 2.44. The SMILES string of the molecule is CC(C)Cc1ccc(C(C)Nc2cccc(Cl)c2Br)cc1. The van der Waals surface area contributed by atoms with Gasteiger partial charge in [-0.05, 0) is 58.5 Å². The highest BCUT2D eigenvalue weighted by Gasteiger charge is 2.09. The molecule has 112 valence electrons. The summed E-state index contributed by atoms with van der Waals surface area (Å²) in [7, 11) is 0.